The van der Waals surface area contributed by atoms with Gasteiger partial charge in [-0.05, 0) is 48.9 Å². The van der Waals surface area contributed by atoms with Crippen LogP contribution in [-0.4, -0.2) is 16.6 Å². The fourth-order valence-electron chi connectivity index (χ4n) is 3.86. The summed E-state index contributed by atoms with van der Waals surface area (Å²) in [5.74, 6) is 1.37. The molecule has 2 aromatic carbocycles. The Bertz CT molecular complexity index is 1150. The zero-order valence-electron chi connectivity index (χ0n) is 16.5. The molecule has 0 atom stereocenters. The van der Waals surface area contributed by atoms with E-state index in [2.05, 4.69) is 35.6 Å². The Hall–Kier alpha value is -2.15. The van der Waals surface area contributed by atoms with E-state index < -0.39 is 0 Å². The second-order valence-corrected chi connectivity index (χ2v) is 10.5. The Balaban J connectivity index is 1.38. The summed E-state index contributed by atoms with van der Waals surface area (Å²) in [5.41, 5.74) is 4.84. The van der Waals surface area contributed by atoms with Crippen LogP contribution < -0.4 is 5.32 Å². The molecule has 3 nitrogen and oxygen atoms in total. The number of thiazole rings is 1. The van der Waals surface area contributed by atoms with Crippen LogP contribution in [0.1, 0.15) is 28.8 Å². The molecule has 0 spiro atoms. The van der Waals surface area contributed by atoms with Crippen LogP contribution in [-0.2, 0) is 23.4 Å². The summed E-state index contributed by atoms with van der Waals surface area (Å²) in [5, 5.41) is 5.23. The van der Waals surface area contributed by atoms with Gasteiger partial charge in [0.1, 0.15) is 10.0 Å². The van der Waals surface area contributed by atoms with E-state index in [0.717, 1.165) is 39.7 Å². The normalized spacial score (nSPS) is 13.3. The number of para-hydroxylation sites is 1. The highest BCUT2D eigenvalue weighted by atomic mass is 32.2. The molecule has 0 saturated carbocycles. The zero-order valence-corrected chi connectivity index (χ0v) is 19.0. The maximum Gasteiger partial charge on any atom is 0.234 e. The van der Waals surface area contributed by atoms with Gasteiger partial charge in [-0.25, -0.2) is 4.98 Å². The maximum absolute atomic E-state index is 12.7. The van der Waals surface area contributed by atoms with Gasteiger partial charge in [-0.15, -0.1) is 34.4 Å². The van der Waals surface area contributed by atoms with E-state index in [4.69, 9.17) is 4.98 Å². The molecule has 2 heterocycles. The molecule has 0 bridgehead atoms. The van der Waals surface area contributed by atoms with E-state index >= 15 is 0 Å². The van der Waals surface area contributed by atoms with Gasteiger partial charge in [-0.2, -0.15) is 0 Å². The van der Waals surface area contributed by atoms with Crippen LogP contribution in [0.4, 0.5) is 5.00 Å². The molecule has 1 aliphatic carbocycles. The first-order chi connectivity index (χ1) is 14.8. The molecule has 6 heteroatoms. The smallest absolute Gasteiger partial charge is 0.234 e. The van der Waals surface area contributed by atoms with E-state index in [-0.39, 0.29) is 5.91 Å². The van der Waals surface area contributed by atoms with Gasteiger partial charge in [0.2, 0.25) is 5.91 Å². The molecule has 4 aromatic rings. The molecular formula is C24H22N2OS3. The SMILES string of the molecule is O=C(CSCc1ccccc1)Nc1sc2c(c1-c1nc3ccccc3s1)CCCC2. The number of aromatic nitrogens is 1. The van der Waals surface area contributed by atoms with Gasteiger partial charge in [-0.3, -0.25) is 4.79 Å². The Morgan fingerprint density at radius 3 is 2.67 bits per heavy atom. The summed E-state index contributed by atoms with van der Waals surface area (Å²) in [7, 11) is 0. The monoisotopic (exact) mass is 450 g/mol. The number of fused-ring (bicyclic) bond motifs is 2. The predicted octanol–water partition coefficient (Wildman–Crippen LogP) is 6.78. The van der Waals surface area contributed by atoms with E-state index in [1.807, 2.05) is 24.3 Å². The Morgan fingerprint density at radius 1 is 1.00 bits per heavy atom. The number of amides is 1. The van der Waals surface area contributed by atoms with Crippen LogP contribution in [0.5, 0.6) is 0 Å². The largest absolute Gasteiger partial charge is 0.316 e. The number of nitrogens with zero attached hydrogens (tertiary/aromatic N) is 1. The highest BCUT2D eigenvalue weighted by Crippen LogP contribution is 2.46. The highest BCUT2D eigenvalue weighted by molar-refractivity contribution is 7.99. The molecule has 0 radical (unpaired) electrons. The minimum Gasteiger partial charge on any atom is -0.316 e. The Kier molecular flexibility index (Phi) is 5.88. The lowest BCUT2D eigenvalue weighted by Crippen LogP contribution is -2.14. The number of nitrogens with one attached hydrogen (secondary N) is 1. The molecule has 0 unspecified atom stereocenters. The Morgan fingerprint density at radius 2 is 1.80 bits per heavy atom. The van der Waals surface area contributed by atoms with Crippen molar-refractivity contribution in [3.63, 3.8) is 0 Å². The maximum atomic E-state index is 12.7. The standard InChI is InChI=1S/C24H22N2OS3/c27-21(15-28-14-16-8-2-1-3-9-16)26-24-22(17-10-4-6-12-19(17)29-24)23-25-18-11-5-7-13-20(18)30-23/h1-3,5,7-9,11,13H,4,6,10,12,14-15H2,(H,26,27). The number of aryl methyl sites for hydroxylation is 1. The average molecular weight is 451 g/mol. The van der Waals surface area contributed by atoms with Gasteiger partial charge in [0, 0.05) is 16.2 Å². The third-order valence-electron chi connectivity index (χ3n) is 5.28. The van der Waals surface area contributed by atoms with E-state index in [1.165, 1.54) is 33.5 Å². The fourth-order valence-corrected chi connectivity index (χ4v) is 7.06. The molecule has 0 saturated heterocycles. The van der Waals surface area contributed by atoms with Gasteiger partial charge in [-0.1, -0.05) is 42.5 Å². The number of rotatable bonds is 6. The van der Waals surface area contributed by atoms with Gasteiger partial charge in [0.25, 0.3) is 0 Å². The summed E-state index contributed by atoms with van der Waals surface area (Å²) < 4.78 is 1.19. The summed E-state index contributed by atoms with van der Waals surface area (Å²) in [6, 6.07) is 18.6. The fraction of sp³-hybridized carbons (Fsp3) is 0.250. The summed E-state index contributed by atoms with van der Waals surface area (Å²) in [6.07, 6.45) is 4.63. The first-order valence-electron chi connectivity index (χ1n) is 10.2. The first-order valence-corrected chi connectivity index (χ1v) is 13.0. The average Bonchev–Trinajstić information content (AvgIpc) is 3.34. The van der Waals surface area contributed by atoms with Crippen molar-refractivity contribution in [3.8, 4) is 10.6 Å². The third-order valence-corrected chi connectivity index (χ3v) is 8.54. The number of thiophene rings is 1. The number of carbonyl (C=O) groups is 1. The van der Waals surface area contributed by atoms with E-state index in [0.29, 0.717) is 5.75 Å². The quantitative estimate of drug-likeness (QED) is 0.352. The van der Waals surface area contributed by atoms with Gasteiger partial charge in [0.15, 0.2) is 0 Å². The van der Waals surface area contributed by atoms with Gasteiger partial charge < -0.3 is 5.32 Å². The summed E-state index contributed by atoms with van der Waals surface area (Å²) >= 11 is 5.13. The molecule has 1 aliphatic rings. The number of thioether (sulfide) groups is 1. The summed E-state index contributed by atoms with van der Waals surface area (Å²) in [6.45, 7) is 0. The molecule has 30 heavy (non-hydrogen) atoms. The van der Waals surface area contributed by atoms with Crippen LogP contribution in [0, 0.1) is 0 Å². The van der Waals surface area contributed by atoms with Crippen molar-refractivity contribution in [2.75, 3.05) is 11.1 Å². The van der Waals surface area contributed by atoms with Crippen LogP contribution in [0.3, 0.4) is 0 Å². The van der Waals surface area contributed by atoms with Crippen molar-refractivity contribution in [1.29, 1.82) is 0 Å². The van der Waals surface area contributed by atoms with Crippen LogP contribution in [0.15, 0.2) is 54.6 Å². The van der Waals surface area contributed by atoms with E-state index in [1.54, 1.807) is 34.4 Å². The van der Waals surface area contributed by atoms with Gasteiger partial charge in [0.05, 0.1) is 16.0 Å². The molecule has 5 rings (SSSR count). The topological polar surface area (TPSA) is 42.0 Å². The molecule has 2 aromatic heterocycles. The summed E-state index contributed by atoms with van der Waals surface area (Å²) in [4.78, 5) is 19.0. The van der Waals surface area contributed by atoms with Crippen molar-refractivity contribution < 1.29 is 4.79 Å². The highest BCUT2D eigenvalue weighted by Gasteiger charge is 2.25. The molecular weight excluding hydrogens is 428 g/mol. The lowest BCUT2D eigenvalue weighted by molar-refractivity contribution is -0.113. The van der Waals surface area contributed by atoms with Crippen LogP contribution >= 0.6 is 34.4 Å². The number of carbonyl (C=O) groups excluding carboxylic acids is 1. The second kappa shape index (κ2) is 8.92. The molecule has 152 valence electrons. The first kappa shape index (κ1) is 19.8. The van der Waals surface area contributed by atoms with Crippen LogP contribution in [0.25, 0.3) is 20.8 Å². The number of benzene rings is 2. The second-order valence-electron chi connectivity index (χ2n) is 7.43. The van der Waals surface area contributed by atoms with Crippen molar-refractivity contribution >= 4 is 55.6 Å². The van der Waals surface area contributed by atoms with Crippen molar-refractivity contribution in [3.05, 3.63) is 70.6 Å². The molecule has 1 amide bonds. The number of hydrogen-bond donors (Lipinski definition) is 1. The molecule has 0 aliphatic heterocycles. The van der Waals surface area contributed by atoms with Crippen LogP contribution in [0.2, 0.25) is 0 Å². The number of hydrogen-bond acceptors (Lipinski definition) is 5. The third kappa shape index (κ3) is 4.17. The zero-order chi connectivity index (χ0) is 20.3. The van der Waals surface area contributed by atoms with Crippen molar-refractivity contribution in [1.82, 2.24) is 4.98 Å². The molecule has 1 N–H and O–H groups in total. The molecule has 0 fully saturated rings. The van der Waals surface area contributed by atoms with Crippen molar-refractivity contribution in [2.24, 2.45) is 0 Å². The van der Waals surface area contributed by atoms with Crippen molar-refractivity contribution in [2.45, 2.75) is 31.4 Å². The van der Waals surface area contributed by atoms with E-state index in [9.17, 15) is 4.79 Å². The lowest BCUT2D eigenvalue weighted by Gasteiger charge is -2.11. The minimum absolute atomic E-state index is 0.0666. The minimum atomic E-state index is 0.0666. The van der Waals surface area contributed by atoms with Gasteiger partial charge >= 0.3 is 0 Å². The lowest BCUT2D eigenvalue weighted by atomic mass is 9.96. The Labute approximate surface area is 188 Å². The predicted molar refractivity (Wildman–Crippen MR) is 131 cm³/mol. The number of anilines is 1.